The molecule has 59 heavy (non-hydrogen) atoms. The van der Waals surface area contributed by atoms with E-state index < -0.39 is 29.7 Å². The topological polar surface area (TPSA) is 181 Å². The number of anilines is 2. The Bertz CT molecular complexity index is 2200. The Balaban J connectivity index is 0.700. The van der Waals surface area contributed by atoms with Gasteiger partial charge in [-0.25, -0.2) is 0 Å². The van der Waals surface area contributed by atoms with Gasteiger partial charge in [0, 0.05) is 70.0 Å². The second-order valence-corrected chi connectivity index (χ2v) is 17.3. The zero-order chi connectivity index (χ0) is 40.8. The molecular formula is C43H46ClN9O6. The lowest BCUT2D eigenvalue weighted by atomic mass is 9.93. The summed E-state index contributed by atoms with van der Waals surface area (Å²) >= 11 is 6.15. The summed E-state index contributed by atoms with van der Waals surface area (Å²) in [7, 11) is 0. The van der Waals surface area contributed by atoms with Crippen LogP contribution >= 0.6 is 11.6 Å². The SMILES string of the molecule is N#Cc1ccc(OC2CCC(NC(=O)c3ccc(N4CC5CN(CC6CCN(c7ccc8c(c7)C(=O)N(C7CCC(=O)NC7=O)C8=O)CC6)CC5C4)nn3)CC2)cc1Cl. The molecule has 0 radical (unpaired) electrons. The maximum atomic E-state index is 13.3. The van der Waals surface area contributed by atoms with Crippen molar-refractivity contribution < 1.29 is 28.7 Å². The quantitative estimate of drug-likeness (QED) is 0.299. The molecule has 3 aromatic rings. The number of likely N-dealkylation sites (tertiary alicyclic amines) is 1. The van der Waals surface area contributed by atoms with Crippen LogP contribution in [0.1, 0.15) is 88.1 Å². The lowest BCUT2D eigenvalue weighted by Gasteiger charge is -2.35. The summed E-state index contributed by atoms with van der Waals surface area (Å²) in [6.45, 7) is 6.71. The van der Waals surface area contributed by atoms with E-state index >= 15 is 0 Å². The van der Waals surface area contributed by atoms with Gasteiger partial charge in [0.2, 0.25) is 11.8 Å². The van der Waals surface area contributed by atoms with Crippen molar-refractivity contribution in [1.82, 2.24) is 30.6 Å². The van der Waals surface area contributed by atoms with Crippen molar-refractivity contribution in [2.75, 3.05) is 55.6 Å². The van der Waals surface area contributed by atoms with Crippen LogP contribution in [0, 0.1) is 29.1 Å². The summed E-state index contributed by atoms with van der Waals surface area (Å²) in [5, 5.41) is 23.6. The molecule has 1 aromatic heterocycles. The van der Waals surface area contributed by atoms with Crippen LogP contribution in [-0.2, 0) is 9.59 Å². The van der Waals surface area contributed by atoms with Gasteiger partial charge in [-0.1, -0.05) is 11.6 Å². The van der Waals surface area contributed by atoms with Crippen molar-refractivity contribution in [2.24, 2.45) is 17.8 Å². The number of nitrogens with one attached hydrogen (secondary N) is 2. The Kier molecular flexibility index (Phi) is 10.7. The number of imide groups is 2. The number of hydrogen-bond acceptors (Lipinski definition) is 12. The summed E-state index contributed by atoms with van der Waals surface area (Å²) in [5.74, 6) is 0.950. The Morgan fingerprint density at radius 3 is 2.27 bits per heavy atom. The molecule has 5 amide bonds. The first kappa shape index (κ1) is 38.9. The van der Waals surface area contributed by atoms with Gasteiger partial charge in [-0.2, -0.15) is 5.26 Å². The smallest absolute Gasteiger partial charge is 0.272 e. The van der Waals surface area contributed by atoms with Crippen LogP contribution in [0.2, 0.25) is 5.02 Å². The average molecular weight is 820 g/mol. The van der Waals surface area contributed by atoms with E-state index in [0.29, 0.717) is 50.9 Å². The molecule has 5 fully saturated rings. The molecule has 0 spiro atoms. The molecule has 2 N–H and O–H groups in total. The number of carbonyl (C=O) groups is 5. The fraction of sp³-hybridized carbons (Fsp3) is 0.488. The molecule has 6 aliphatic rings. The Morgan fingerprint density at radius 2 is 1.59 bits per heavy atom. The number of fused-ring (bicyclic) bond motifs is 2. The first-order chi connectivity index (χ1) is 28.6. The number of benzene rings is 2. The van der Waals surface area contributed by atoms with Crippen molar-refractivity contribution in [3.63, 3.8) is 0 Å². The van der Waals surface area contributed by atoms with Gasteiger partial charge in [0.05, 0.1) is 27.8 Å². The molecule has 16 heteroatoms. The summed E-state index contributed by atoms with van der Waals surface area (Å²) in [5.41, 5.74) is 2.25. The highest BCUT2D eigenvalue weighted by atomic mass is 35.5. The van der Waals surface area contributed by atoms with Crippen LogP contribution in [0.5, 0.6) is 5.75 Å². The fourth-order valence-corrected chi connectivity index (χ4v) is 10.1. The molecule has 306 valence electrons. The third kappa shape index (κ3) is 7.95. The molecule has 6 heterocycles. The van der Waals surface area contributed by atoms with Gasteiger partial charge in [-0.15, -0.1) is 10.2 Å². The number of ether oxygens (including phenoxy) is 1. The van der Waals surface area contributed by atoms with E-state index in [2.05, 4.69) is 41.6 Å². The molecule has 3 unspecified atom stereocenters. The number of piperidine rings is 2. The number of nitriles is 1. The third-order valence-corrected chi connectivity index (χ3v) is 13.4. The Hall–Kier alpha value is -5.59. The molecule has 15 nitrogen and oxygen atoms in total. The van der Waals surface area contributed by atoms with Crippen LogP contribution < -0.4 is 25.2 Å². The predicted octanol–water partition coefficient (Wildman–Crippen LogP) is 3.81. The van der Waals surface area contributed by atoms with Crippen LogP contribution in [0.3, 0.4) is 0 Å². The third-order valence-electron chi connectivity index (χ3n) is 13.1. The largest absolute Gasteiger partial charge is 0.490 e. The van der Waals surface area contributed by atoms with E-state index in [4.69, 9.17) is 21.6 Å². The number of hydrogen-bond donors (Lipinski definition) is 2. The minimum absolute atomic E-state index is 0.0221. The van der Waals surface area contributed by atoms with Gasteiger partial charge in [0.25, 0.3) is 17.7 Å². The molecule has 2 aromatic carbocycles. The highest BCUT2D eigenvalue weighted by molar-refractivity contribution is 6.31. The van der Waals surface area contributed by atoms with E-state index in [1.807, 2.05) is 12.1 Å². The van der Waals surface area contributed by atoms with Crippen molar-refractivity contribution in [3.8, 4) is 11.8 Å². The van der Waals surface area contributed by atoms with E-state index in [9.17, 15) is 24.0 Å². The van der Waals surface area contributed by atoms with Crippen LogP contribution in [0.4, 0.5) is 11.5 Å². The lowest BCUT2D eigenvalue weighted by Crippen LogP contribution is -2.54. The minimum Gasteiger partial charge on any atom is -0.490 e. The van der Waals surface area contributed by atoms with Gasteiger partial charge >= 0.3 is 0 Å². The zero-order valence-corrected chi connectivity index (χ0v) is 33.4. The zero-order valence-electron chi connectivity index (χ0n) is 32.6. The Morgan fingerprint density at radius 1 is 0.847 bits per heavy atom. The second-order valence-electron chi connectivity index (χ2n) is 16.8. The van der Waals surface area contributed by atoms with Gasteiger partial charge in [-0.3, -0.25) is 34.2 Å². The van der Waals surface area contributed by atoms with E-state index in [-0.39, 0.29) is 30.9 Å². The van der Waals surface area contributed by atoms with E-state index in [1.54, 1.807) is 36.4 Å². The van der Waals surface area contributed by atoms with Crippen LogP contribution in [0.15, 0.2) is 48.5 Å². The first-order valence-electron chi connectivity index (χ1n) is 20.7. The molecule has 0 bridgehead atoms. The van der Waals surface area contributed by atoms with Gasteiger partial charge in [0.1, 0.15) is 17.9 Å². The van der Waals surface area contributed by atoms with Crippen molar-refractivity contribution in [3.05, 3.63) is 75.9 Å². The van der Waals surface area contributed by atoms with Gasteiger partial charge in [0.15, 0.2) is 11.5 Å². The number of halogens is 1. The standard InChI is InChI=1S/C43H46ClN9O6/c44-35-18-32(5-1-26(35)19-45)59-31-6-2-29(3-7-31)46-40(55)36-9-11-38(49-48-36)52-23-27-21-50(22-28(27)24-52)20-25-13-15-51(16-14-25)30-4-8-33-34(17-30)43(58)53(42(33)57)37-10-12-39(54)47-41(37)56/h1,4-5,8-9,11,17-18,25,27-29,31,37H,2-3,6-7,10,12-16,20-24H2,(H,46,55)(H,47,54,56). The van der Waals surface area contributed by atoms with Crippen molar-refractivity contribution in [1.29, 1.82) is 5.26 Å². The number of rotatable bonds is 9. The first-order valence-corrected chi connectivity index (χ1v) is 21.1. The number of nitrogens with zero attached hydrogens (tertiary/aromatic N) is 7. The molecule has 1 saturated carbocycles. The van der Waals surface area contributed by atoms with Gasteiger partial charge in [-0.05, 0) is 105 Å². The maximum Gasteiger partial charge on any atom is 0.272 e. The monoisotopic (exact) mass is 819 g/mol. The van der Waals surface area contributed by atoms with E-state index in [1.165, 1.54) is 0 Å². The molecule has 1 aliphatic carbocycles. The molecule has 4 saturated heterocycles. The highest BCUT2D eigenvalue weighted by Crippen LogP contribution is 2.36. The fourth-order valence-electron chi connectivity index (χ4n) is 9.87. The van der Waals surface area contributed by atoms with Crippen LogP contribution in [0.25, 0.3) is 0 Å². The molecule has 9 rings (SSSR count). The maximum absolute atomic E-state index is 13.3. The highest BCUT2D eigenvalue weighted by Gasteiger charge is 2.45. The predicted molar refractivity (Wildman–Crippen MR) is 216 cm³/mol. The normalized spacial score (nSPS) is 26.1. The number of aromatic nitrogens is 2. The van der Waals surface area contributed by atoms with Gasteiger partial charge < -0.3 is 24.8 Å². The summed E-state index contributed by atoms with van der Waals surface area (Å²) in [6, 6.07) is 15.3. The summed E-state index contributed by atoms with van der Waals surface area (Å²) in [4.78, 5) is 71.8. The van der Waals surface area contributed by atoms with Crippen LogP contribution in [-0.4, -0.2) is 114 Å². The average Bonchev–Trinajstić information content (AvgIpc) is 3.88. The lowest BCUT2D eigenvalue weighted by molar-refractivity contribution is -0.136. The minimum atomic E-state index is -0.970. The molecular weight excluding hydrogens is 774 g/mol. The number of amides is 5. The second kappa shape index (κ2) is 16.2. The Labute approximate surface area is 347 Å². The number of carbonyl (C=O) groups excluding carboxylic acids is 5. The summed E-state index contributed by atoms with van der Waals surface area (Å²) in [6.07, 6.45) is 5.49. The molecule has 3 atom stereocenters. The summed E-state index contributed by atoms with van der Waals surface area (Å²) < 4.78 is 6.09. The van der Waals surface area contributed by atoms with E-state index in [0.717, 1.165) is 101 Å². The van der Waals surface area contributed by atoms with Crippen molar-refractivity contribution >= 4 is 52.6 Å². The van der Waals surface area contributed by atoms with Crippen molar-refractivity contribution in [2.45, 2.75) is 69.6 Å². The molecule has 5 aliphatic heterocycles.